The minimum absolute atomic E-state index is 0. The zero-order valence-electron chi connectivity index (χ0n) is 14.6. The Bertz CT molecular complexity index is 523. The number of rotatable bonds is 8. The van der Waals surface area contributed by atoms with E-state index in [4.69, 9.17) is 5.73 Å². The highest BCUT2D eigenvalue weighted by atomic mass is 35.5. The van der Waals surface area contributed by atoms with Crippen molar-refractivity contribution in [3.8, 4) is 0 Å². The van der Waals surface area contributed by atoms with Gasteiger partial charge in [0, 0.05) is 29.9 Å². The van der Waals surface area contributed by atoms with Crippen LogP contribution in [0.4, 0.5) is 10.5 Å². The fourth-order valence-electron chi connectivity index (χ4n) is 2.14. The number of anilines is 1. The van der Waals surface area contributed by atoms with Crippen molar-refractivity contribution in [2.75, 3.05) is 11.9 Å². The standard InChI is InChI=1S/C17H28N4O2.ClH/c1-4-5-8-15(11-18)20-16(22)13-7-6-9-14(10-13)21-17(23)19-12(2)3;/h6-7,9-10,12,15H,4-5,8,11,18H2,1-3H3,(H,20,22)(H2,19,21,23);1H. The smallest absolute Gasteiger partial charge is 0.319 e. The number of benzene rings is 1. The van der Waals surface area contributed by atoms with E-state index in [9.17, 15) is 9.59 Å². The van der Waals surface area contributed by atoms with Crippen molar-refractivity contribution in [3.05, 3.63) is 29.8 Å². The third-order valence-corrected chi connectivity index (χ3v) is 3.33. The van der Waals surface area contributed by atoms with E-state index in [0.29, 0.717) is 17.8 Å². The molecule has 0 aliphatic rings. The van der Waals surface area contributed by atoms with E-state index < -0.39 is 0 Å². The molecule has 24 heavy (non-hydrogen) atoms. The van der Waals surface area contributed by atoms with Crippen LogP contribution in [0.1, 0.15) is 50.4 Å². The molecule has 1 unspecified atom stereocenters. The van der Waals surface area contributed by atoms with Crippen molar-refractivity contribution < 1.29 is 9.59 Å². The highest BCUT2D eigenvalue weighted by molar-refractivity contribution is 5.97. The number of carbonyl (C=O) groups excluding carboxylic acids is 2. The largest absolute Gasteiger partial charge is 0.348 e. The molecular formula is C17H29ClN4O2. The molecule has 1 rings (SSSR count). The van der Waals surface area contributed by atoms with E-state index in [1.807, 2.05) is 13.8 Å². The zero-order valence-corrected chi connectivity index (χ0v) is 15.4. The van der Waals surface area contributed by atoms with Gasteiger partial charge < -0.3 is 21.7 Å². The Morgan fingerprint density at radius 3 is 2.50 bits per heavy atom. The van der Waals surface area contributed by atoms with Gasteiger partial charge in [-0.25, -0.2) is 4.79 Å². The Balaban J connectivity index is 0.00000529. The molecule has 0 aliphatic carbocycles. The summed E-state index contributed by atoms with van der Waals surface area (Å²) in [5.74, 6) is -0.176. The van der Waals surface area contributed by atoms with Gasteiger partial charge in [0.2, 0.25) is 0 Å². The monoisotopic (exact) mass is 356 g/mol. The lowest BCUT2D eigenvalue weighted by Gasteiger charge is -2.17. The average Bonchev–Trinajstić information content (AvgIpc) is 2.50. The fourth-order valence-corrected chi connectivity index (χ4v) is 2.14. The normalized spacial score (nSPS) is 11.4. The topological polar surface area (TPSA) is 96.2 Å². The molecule has 1 atom stereocenters. The van der Waals surface area contributed by atoms with Crippen LogP contribution in [0.2, 0.25) is 0 Å². The molecule has 6 nitrogen and oxygen atoms in total. The SMILES string of the molecule is CCCCC(CN)NC(=O)c1cccc(NC(=O)NC(C)C)c1.Cl. The molecular weight excluding hydrogens is 328 g/mol. The maximum atomic E-state index is 12.3. The molecule has 1 aromatic carbocycles. The maximum absolute atomic E-state index is 12.3. The van der Waals surface area contributed by atoms with E-state index in [1.165, 1.54) is 0 Å². The second-order valence-electron chi connectivity index (χ2n) is 5.88. The van der Waals surface area contributed by atoms with E-state index >= 15 is 0 Å². The Morgan fingerprint density at radius 2 is 1.92 bits per heavy atom. The van der Waals surface area contributed by atoms with Crippen LogP contribution in [0.15, 0.2) is 24.3 Å². The maximum Gasteiger partial charge on any atom is 0.319 e. The molecule has 3 amide bonds. The van der Waals surface area contributed by atoms with E-state index in [-0.39, 0.29) is 36.4 Å². The third kappa shape index (κ3) is 8.17. The van der Waals surface area contributed by atoms with Crippen molar-refractivity contribution in [1.82, 2.24) is 10.6 Å². The molecule has 5 N–H and O–H groups in total. The van der Waals surface area contributed by atoms with Gasteiger partial charge in [0.1, 0.15) is 0 Å². The van der Waals surface area contributed by atoms with Crippen molar-refractivity contribution in [1.29, 1.82) is 0 Å². The van der Waals surface area contributed by atoms with Crippen LogP contribution in [-0.4, -0.2) is 30.6 Å². The van der Waals surface area contributed by atoms with Crippen molar-refractivity contribution in [2.45, 2.75) is 52.1 Å². The molecule has 7 heteroatoms. The van der Waals surface area contributed by atoms with Crippen LogP contribution in [0.25, 0.3) is 0 Å². The first-order valence-electron chi connectivity index (χ1n) is 8.14. The van der Waals surface area contributed by atoms with Gasteiger partial charge in [0.05, 0.1) is 0 Å². The van der Waals surface area contributed by atoms with Gasteiger partial charge in [-0.05, 0) is 38.5 Å². The summed E-state index contributed by atoms with van der Waals surface area (Å²) in [6, 6.07) is 6.59. The van der Waals surface area contributed by atoms with E-state index in [0.717, 1.165) is 19.3 Å². The molecule has 0 radical (unpaired) electrons. The second-order valence-corrected chi connectivity index (χ2v) is 5.88. The number of nitrogens with one attached hydrogen (secondary N) is 3. The Kier molecular flexibility index (Phi) is 10.8. The van der Waals surface area contributed by atoms with E-state index in [1.54, 1.807) is 24.3 Å². The summed E-state index contributed by atoms with van der Waals surface area (Å²) in [5.41, 5.74) is 6.78. The summed E-state index contributed by atoms with van der Waals surface area (Å²) in [7, 11) is 0. The molecule has 0 saturated carbocycles. The third-order valence-electron chi connectivity index (χ3n) is 3.33. The van der Waals surface area contributed by atoms with Gasteiger partial charge in [-0.3, -0.25) is 4.79 Å². The van der Waals surface area contributed by atoms with Crippen molar-refractivity contribution >= 4 is 30.0 Å². The number of nitrogens with two attached hydrogens (primary N) is 1. The molecule has 136 valence electrons. The minimum Gasteiger partial charge on any atom is -0.348 e. The zero-order chi connectivity index (χ0) is 17.2. The first-order chi connectivity index (χ1) is 11.0. The summed E-state index contributed by atoms with van der Waals surface area (Å²) in [5, 5.41) is 8.39. The molecule has 0 aliphatic heterocycles. The number of unbranched alkanes of at least 4 members (excludes halogenated alkanes) is 1. The lowest BCUT2D eigenvalue weighted by Crippen LogP contribution is -2.40. The van der Waals surface area contributed by atoms with Crippen molar-refractivity contribution in [3.63, 3.8) is 0 Å². The average molecular weight is 357 g/mol. The van der Waals surface area contributed by atoms with Crippen LogP contribution >= 0.6 is 12.4 Å². The van der Waals surface area contributed by atoms with Crippen LogP contribution in [0.3, 0.4) is 0 Å². The van der Waals surface area contributed by atoms with Gasteiger partial charge in [0.15, 0.2) is 0 Å². The molecule has 1 aromatic rings. The van der Waals surface area contributed by atoms with Gasteiger partial charge >= 0.3 is 6.03 Å². The summed E-state index contributed by atoms with van der Waals surface area (Å²) in [4.78, 5) is 24.0. The first-order valence-corrected chi connectivity index (χ1v) is 8.14. The Hall–Kier alpha value is -1.79. The molecule has 0 fully saturated rings. The summed E-state index contributed by atoms with van der Waals surface area (Å²) >= 11 is 0. The highest BCUT2D eigenvalue weighted by Crippen LogP contribution is 2.11. The van der Waals surface area contributed by atoms with Gasteiger partial charge in [-0.15, -0.1) is 12.4 Å². The minimum atomic E-state index is -0.291. The lowest BCUT2D eigenvalue weighted by molar-refractivity contribution is 0.0935. The van der Waals surface area contributed by atoms with Crippen LogP contribution < -0.4 is 21.7 Å². The van der Waals surface area contributed by atoms with Gasteiger partial charge in [-0.2, -0.15) is 0 Å². The van der Waals surface area contributed by atoms with Crippen molar-refractivity contribution in [2.24, 2.45) is 5.73 Å². The predicted molar refractivity (Wildman–Crippen MR) is 101 cm³/mol. The quantitative estimate of drug-likeness (QED) is 0.576. The van der Waals surface area contributed by atoms with Crippen LogP contribution in [-0.2, 0) is 0 Å². The summed E-state index contributed by atoms with van der Waals surface area (Å²) in [6.45, 7) is 6.28. The number of carbonyl (C=O) groups is 2. The molecule has 0 saturated heterocycles. The van der Waals surface area contributed by atoms with Crippen LogP contribution in [0, 0.1) is 0 Å². The molecule has 0 aromatic heterocycles. The first kappa shape index (κ1) is 22.2. The number of halogens is 1. The van der Waals surface area contributed by atoms with Crippen LogP contribution in [0.5, 0.6) is 0 Å². The molecule has 0 heterocycles. The number of hydrogen-bond acceptors (Lipinski definition) is 3. The summed E-state index contributed by atoms with van der Waals surface area (Å²) < 4.78 is 0. The second kappa shape index (κ2) is 11.7. The highest BCUT2D eigenvalue weighted by Gasteiger charge is 2.13. The number of hydrogen-bond donors (Lipinski definition) is 4. The number of amides is 3. The molecule has 0 bridgehead atoms. The predicted octanol–water partition coefficient (Wildman–Crippen LogP) is 2.89. The van der Waals surface area contributed by atoms with Gasteiger partial charge in [-0.1, -0.05) is 25.8 Å². The number of urea groups is 1. The Labute approximate surface area is 150 Å². The fraction of sp³-hybridized carbons (Fsp3) is 0.529. The Morgan fingerprint density at radius 1 is 1.21 bits per heavy atom. The summed E-state index contributed by atoms with van der Waals surface area (Å²) in [6.07, 6.45) is 2.96. The van der Waals surface area contributed by atoms with E-state index in [2.05, 4.69) is 22.9 Å². The molecule has 0 spiro atoms. The van der Waals surface area contributed by atoms with Gasteiger partial charge in [0.25, 0.3) is 5.91 Å². The lowest BCUT2D eigenvalue weighted by atomic mass is 10.1.